The van der Waals surface area contributed by atoms with Crippen molar-refractivity contribution in [2.75, 3.05) is 6.54 Å². The second kappa shape index (κ2) is 7.95. The van der Waals surface area contributed by atoms with Gasteiger partial charge >= 0.3 is 0 Å². The zero-order chi connectivity index (χ0) is 29.5. The molecule has 0 fully saturated rings. The van der Waals surface area contributed by atoms with E-state index < -0.39 is 0 Å². The maximum absolute atomic E-state index is 4.74. The van der Waals surface area contributed by atoms with Crippen LogP contribution in [0.1, 0.15) is 61.2 Å². The van der Waals surface area contributed by atoms with Crippen LogP contribution in [-0.2, 0) is 17.3 Å². The Kier molecular flexibility index (Phi) is 4.42. The number of rotatable bonds is 1. The van der Waals surface area contributed by atoms with Gasteiger partial charge in [0.25, 0.3) is 0 Å². The SMILES string of the molecule is CC1(C)c2ccccc2-n2c3c(c4cc(-c5cc6c7c(c5)c5ccncc5n7-c5ccccc5C6(C)C)cc1c42)CCN=C3. The minimum atomic E-state index is -0.155. The fourth-order valence-electron chi connectivity index (χ4n) is 8.69. The van der Waals surface area contributed by atoms with E-state index in [0.29, 0.717) is 0 Å². The van der Waals surface area contributed by atoms with Gasteiger partial charge in [-0.25, -0.2) is 0 Å². The van der Waals surface area contributed by atoms with Crippen LogP contribution < -0.4 is 0 Å². The van der Waals surface area contributed by atoms with Gasteiger partial charge in [-0.05, 0) is 87.8 Å². The maximum atomic E-state index is 4.74. The Morgan fingerprint density at radius 1 is 0.636 bits per heavy atom. The minimum absolute atomic E-state index is 0.142. The molecule has 0 spiro atoms. The molecule has 0 unspecified atom stereocenters. The van der Waals surface area contributed by atoms with Crippen molar-refractivity contribution in [3.63, 3.8) is 0 Å². The third-order valence-corrected chi connectivity index (χ3v) is 10.9. The first-order chi connectivity index (χ1) is 21.4. The first-order valence-corrected chi connectivity index (χ1v) is 15.7. The van der Waals surface area contributed by atoms with Gasteiger partial charge in [0.15, 0.2) is 0 Å². The Balaban J connectivity index is 1.34. The van der Waals surface area contributed by atoms with Gasteiger partial charge in [0, 0.05) is 45.9 Å². The summed E-state index contributed by atoms with van der Waals surface area (Å²) >= 11 is 0. The van der Waals surface area contributed by atoms with Crippen molar-refractivity contribution < 1.29 is 0 Å². The van der Waals surface area contributed by atoms with Gasteiger partial charge in [0.1, 0.15) is 0 Å². The molecule has 0 saturated heterocycles. The quantitative estimate of drug-likeness (QED) is 0.195. The van der Waals surface area contributed by atoms with Crippen molar-refractivity contribution in [1.29, 1.82) is 0 Å². The standard InChI is InChI=1S/C40H32N4/c1-39(2)29-9-5-7-11-33(29)43-35-21-41-15-13-25(35)27-17-23(19-31(39)37(27)43)24-18-28-26-14-16-42-22-36(26)44-34-12-8-6-10-30(34)40(3,4)32(20-24)38(28)44/h5-13,15,17-22H,14,16H2,1-4H3. The molecule has 3 aliphatic heterocycles. The fraction of sp³-hybridized carbons (Fsp3) is 0.200. The Labute approximate surface area is 256 Å². The molecule has 212 valence electrons. The predicted octanol–water partition coefficient (Wildman–Crippen LogP) is 9.04. The number of aromatic nitrogens is 3. The monoisotopic (exact) mass is 568 g/mol. The summed E-state index contributed by atoms with van der Waals surface area (Å²) in [6.07, 6.45) is 7.03. The van der Waals surface area contributed by atoms with Crippen LogP contribution in [0.4, 0.5) is 0 Å². The van der Waals surface area contributed by atoms with Crippen molar-refractivity contribution in [1.82, 2.24) is 14.1 Å². The van der Waals surface area contributed by atoms with E-state index in [0.717, 1.165) is 18.5 Å². The number of aliphatic imine (C=N–C) groups is 1. The topological polar surface area (TPSA) is 35.1 Å². The Morgan fingerprint density at radius 3 is 1.95 bits per heavy atom. The van der Waals surface area contributed by atoms with Gasteiger partial charge in [-0.15, -0.1) is 0 Å². The number of hydrogen-bond donors (Lipinski definition) is 0. The molecular weight excluding hydrogens is 536 g/mol. The summed E-state index contributed by atoms with van der Waals surface area (Å²) in [5.74, 6) is 0. The van der Waals surface area contributed by atoms with E-state index in [2.05, 4.69) is 127 Å². The first kappa shape index (κ1) is 24.5. The van der Waals surface area contributed by atoms with Gasteiger partial charge < -0.3 is 9.13 Å². The van der Waals surface area contributed by atoms with Crippen LogP contribution in [0.3, 0.4) is 0 Å². The summed E-state index contributed by atoms with van der Waals surface area (Å²) < 4.78 is 4.93. The van der Waals surface area contributed by atoms with E-state index in [9.17, 15) is 0 Å². The highest BCUT2D eigenvalue weighted by atomic mass is 15.0. The average molecular weight is 569 g/mol. The maximum Gasteiger partial charge on any atom is 0.0724 e. The lowest BCUT2D eigenvalue weighted by molar-refractivity contribution is 0.628. The molecule has 0 bridgehead atoms. The molecule has 4 aromatic carbocycles. The van der Waals surface area contributed by atoms with Crippen LogP contribution in [0.2, 0.25) is 0 Å². The van der Waals surface area contributed by atoms with Crippen molar-refractivity contribution in [2.24, 2.45) is 4.99 Å². The summed E-state index contributed by atoms with van der Waals surface area (Å²) in [6, 6.07) is 29.9. The van der Waals surface area contributed by atoms with Gasteiger partial charge in [-0.2, -0.15) is 0 Å². The first-order valence-electron chi connectivity index (χ1n) is 15.7. The third kappa shape index (κ3) is 2.80. The number of fused-ring (bicyclic) bond motifs is 10. The highest BCUT2D eigenvalue weighted by molar-refractivity contribution is 6.13. The van der Waals surface area contributed by atoms with E-state index in [1.165, 1.54) is 83.2 Å². The predicted molar refractivity (Wildman–Crippen MR) is 181 cm³/mol. The lowest BCUT2D eigenvalue weighted by Gasteiger charge is -2.36. The molecule has 4 heteroatoms. The molecule has 0 amide bonds. The molecule has 3 aliphatic rings. The van der Waals surface area contributed by atoms with Crippen molar-refractivity contribution >= 4 is 38.9 Å². The molecule has 44 heavy (non-hydrogen) atoms. The molecule has 0 radical (unpaired) electrons. The number of benzene rings is 4. The van der Waals surface area contributed by atoms with Crippen LogP contribution in [0.15, 0.2) is 96.2 Å². The zero-order valence-electron chi connectivity index (χ0n) is 25.4. The van der Waals surface area contributed by atoms with Gasteiger partial charge in [-0.1, -0.05) is 64.1 Å². The summed E-state index contributed by atoms with van der Waals surface area (Å²) in [7, 11) is 0. The van der Waals surface area contributed by atoms with Crippen LogP contribution >= 0.6 is 0 Å². The molecule has 0 N–H and O–H groups in total. The minimum Gasteiger partial charge on any atom is -0.307 e. The Hall–Kier alpha value is -4.96. The molecule has 0 atom stereocenters. The molecule has 6 heterocycles. The molecular formula is C40H32N4. The molecule has 0 aliphatic carbocycles. The van der Waals surface area contributed by atoms with Crippen LogP contribution in [-0.4, -0.2) is 26.9 Å². The van der Waals surface area contributed by atoms with Crippen molar-refractivity contribution in [3.05, 3.63) is 125 Å². The van der Waals surface area contributed by atoms with E-state index in [1.807, 2.05) is 12.4 Å². The van der Waals surface area contributed by atoms with Gasteiger partial charge in [0.05, 0.1) is 39.8 Å². The van der Waals surface area contributed by atoms with Crippen molar-refractivity contribution in [3.8, 4) is 22.5 Å². The molecule has 0 saturated carbocycles. The van der Waals surface area contributed by atoms with Crippen LogP contribution in [0, 0.1) is 0 Å². The second-order valence-electron chi connectivity index (χ2n) is 13.8. The normalized spacial score (nSPS) is 16.7. The van der Waals surface area contributed by atoms with Gasteiger partial charge in [-0.3, -0.25) is 9.98 Å². The van der Waals surface area contributed by atoms with E-state index in [-0.39, 0.29) is 10.8 Å². The highest BCUT2D eigenvalue weighted by Gasteiger charge is 2.38. The van der Waals surface area contributed by atoms with E-state index in [4.69, 9.17) is 4.99 Å². The lowest BCUT2D eigenvalue weighted by Crippen LogP contribution is -2.27. The van der Waals surface area contributed by atoms with Crippen LogP contribution in [0.25, 0.3) is 55.2 Å². The number of para-hydroxylation sites is 2. The molecule has 3 aromatic heterocycles. The zero-order valence-corrected chi connectivity index (χ0v) is 25.4. The second-order valence-corrected chi connectivity index (χ2v) is 13.8. The average Bonchev–Trinajstić information content (AvgIpc) is 3.56. The number of hydrogen-bond acceptors (Lipinski definition) is 2. The summed E-state index contributed by atoms with van der Waals surface area (Å²) in [5, 5.41) is 3.91. The molecule has 7 aromatic rings. The third-order valence-electron chi connectivity index (χ3n) is 10.9. The smallest absolute Gasteiger partial charge is 0.0724 e. The fourth-order valence-corrected chi connectivity index (χ4v) is 8.69. The summed E-state index contributed by atoms with van der Waals surface area (Å²) in [5.41, 5.74) is 16.7. The van der Waals surface area contributed by atoms with Crippen LogP contribution in [0.5, 0.6) is 0 Å². The number of nitrogens with zero attached hydrogens (tertiary/aromatic N) is 4. The van der Waals surface area contributed by atoms with E-state index >= 15 is 0 Å². The van der Waals surface area contributed by atoms with Crippen molar-refractivity contribution in [2.45, 2.75) is 44.9 Å². The summed E-state index contributed by atoms with van der Waals surface area (Å²) in [6.45, 7) is 10.4. The molecule has 4 nitrogen and oxygen atoms in total. The lowest BCUT2D eigenvalue weighted by atomic mass is 9.72. The number of pyridine rings is 1. The Bertz CT molecular complexity index is 2450. The largest absolute Gasteiger partial charge is 0.307 e. The Morgan fingerprint density at radius 2 is 1.25 bits per heavy atom. The highest BCUT2D eigenvalue weighted by Crippen LogP contribution is 2.51. The summed E-state index contributed by atoms with van der Waals surface area (Å²) in [4.78, 5) is 9.31. The molecule has 10 rings (SSSR count). The van der Waals surface area contributed by atoms with Gasteiger partial charge in [0.2, 0.25) is 0 Å². The van der Waals surface area contributed by atoms with E-state index in [1.54, 1.807) is 0 Å².